The molecule has 0 aliphatic carbocycles. The molecule has 0 heterocycles. The van der Waals surface area contributed by atoms with Gasteiger partial charge in [0.2, 0.25) is 15.2 Å². The molecule has 0 aliphatic rings. The Kier molecular flexibility index (Phi) is 11.0. The number of rotatable bonds is 8. The predicted octanol–water partition coefficient (Wildman–Crippen LogP) is 3.64. The molecule has 0 amide bonds. The molecule has 0 aromatic carbocycles. The van der Waals surface area contributed by atoms with Crippen LogP contribution in [0.4, 0.5) is 0 Å². The van der Waals surface area contributed by atoms with Gasteiger partial charge >= 0.3 is 0 Å². The highest BCUT2D eigenvalue weighted by Crippen LogP contribution is 2.04. The van der Waals surface area contributed by atoms with Crippen molar-refractivity contribution in [1.29, 1.82) is 0 Å². The summed E-state index contributed by atoms with van der Waals surface area (Å²) in [6, 6.07) is 0. The van der Waals surface area contributed by atoms with Crippen molar-refractivity contribution in [2.75, 3.05) is 0 Å². The van der Waals surface area contributed by atoms with Gasteiger partial charge in [-0.05, 0) is 0 Å². The van der Waals surface area contributed by atoms with E-state index in [1.165, 1.54) is 38.5 Å². The van der Waals surface area contributed by atoms with E-state index in [2.05, 4.69) is 13.8 Å². The van der Waals surface area contributed by atoms with Crippen LogP contribution in [-0.2, 0) is 0 Å². The van der Waals surface area contributed by atoms with Crippen LogP contribution >= 0.6 is 0 Å². The minimum absolute atomic E-state index is 0.372. The van der Waals surface area contributed by atoms with E-state index in [1.807, 2.05) is 0 Å². The molecule has 0 nitrogen and oxygen atoms in total. The number of unbranched alkanes of at least 4 members (excludes halogenated alkanes) is 4. The van der Waals surface area contributed by atoms with Gasteiger partial charge in [0.25, 0.3) is 0 Å². The first-order chi connectivity index (χ1) is 5.41. The maximum atomic E-state index is 2.30. The van der Waals surface area contributed by atoms with Gasteiger partial charge in [-0.1, -0.05) is 62.9 Å². The van der Waals surface area contributed by atoms with Crippen molar-refractivity contribution in [2.24, 2.45) is 0 Å². The monoisotopic (exact) mass is 170 g/mol. The highest BCUT2D eigenvalue weighted by Gasteiger charge is 1.92. The van der Waals surface area contributed by atoms with Crippen molar-refractivity contribution in [3.8, 4) is 0 Å². The molecule has 0 N–H and O–H groups in total. The largest absolute Gasteiger partial charge is 0.236 e. The molecule has 0 unspecified atom stereocenters. The van der Waals surface area contributed by atoms with E-state index in [1.54, 1.807) is 10.6 Å². The first-order valence-corrected chi connectivity index (χ1v) is 7.41. The van der Waals surface area contributed by atoms with Gasteiger partial charge in [0.05, 0.1) is 0 Å². The number of hydrogen-bond donors (Lipinski definition) is 0. The number of hydrogen-bond acceptors (Lipinski definition) is 0. The molecule has 0 saturated heterocycles. The summed E-state index contributed by atoms with van der Waals surface area (Å²) in [5, 5.41) is 3.21. The fourth-order valence-electron chi connectivity index (χ4n) is 1.38. The zero-order valence-electron chi connectivity index (χ0n) is 8.36. The van der Waals surface area contributed by atoms with Gasteiger partial charge in [0, 0.05) is 0 Å². The maximum absolute atomic E-state index is 2.30. The first-order valence-electron chi connectivity index (χ1n) is 5.41. The first kappa shape index (κ1) is 11.5. The molecule has 0 rings (SSSR count). The Morgan fingerprint density at radius 2 is 1.36 bits per heavy atom. The summed E-state index contributed by atoms with van der Waals surface area (Å²) >= 11 is 0.372. The Balaban J connectivity index is 2.69. The van der Waals surface area contributed by atoms with Crippen LogP contribution < -0.4 is 0 Å². The summed E-state index contributed by atoms with van der Waals surface area (Å²) in [5.74, 6) is 0. The Labute approximate surface area is 78.5 Å². The summed E-state index contributed by atoms with van der Waals surface area (Å²) in [5.41, 5.74) is 0. The summed E-state index contributed by atoms with van der Waals surface area (Å²) in [6.45, 7) is 4.58. The molecule has 0 saturated carbocycles. The van der Waals surface area contributed by atoms with Crippen LogP contribution in [0, 0.1) is 0 Å². The lowest BCUT2D eigenvalue weighted by molar-refractivity contribution is 0.699. The van der Waals surface area contributed by atoms with E-state index in [-0.39, 0.29) is 0 Å². The van der Waals surface area contributed by atoms with Crippen molar-refractivity contribution in [1.82, 2.24) is 0 Å². The molecule has 66 valence electrons. The van der Waals surface area contributed by atoms with Crippen molar-refractivity contribution >= 4 is 15.2 Å². The van der Waals surface area contributed by atoms with Crippen molar-refractivity contribution in [3.05, 3.63) is 0 Å². The normalized spacial score (nSPS) is 10.0. The molecule has 0 aromatic heterocycles. The molecule has 0 bridgehead atoms. The molecular weight excluding hydrogens is 147 g/mol. The Morgan fingerprint density at radius 1 is 0.727 bits per heavy atom. The van der Waals surface area contributed by atoms with Crippen LogP contribution in [0.15, 0.2) is 0 Å². The lowest BCUT2D eigenvalue weighted by Crippen LogP contribution is -1.88. The van der Waals surface area contributed by atoms with Gasteiger partial charge in [-0.15, -0.1) is 0 Å². The van der Waals surface area contributed by atoms with Gasteiger partial charge < -0.3 is 0 Å². The highest BCUT2D eigenvalue weighted by atomic mass is 27.1. The second kappa shape index (κ2) is 10.5. The van der Waals surface area contributed by atoms with E-state index in [9.17, 15) is 0 Å². The highest BCUT2D eigenvalue weighted by molar-refractivity contribution is 6.35. The van der Waals surface area contributed by atoms with Gasteiger partial charge in [-0.25, -0.2) is 0 Å². The van der Waals surface area contributed by atoms with Crippen LogP contribution in [0.25, 0.3) is 0 Å². The van der Waals surface area contributed by atoms with E-state index in [4.69, 9.17) is 0 Å². The summed E-state index contributed by atoms with van der Waals surface area (Å²) in [6.07, 6.45) is 8.78. The molecule has 0 atom stereocenters. The SMILES string of the molecule is CCCCC[CH2][AlH][CH2]CCC. The van der Waals surface area contributed by atoms with Gasteiger partial charge in [-0.3, -0.25) is 0 Å². The average molecular weight is 170 g/mol. The molecular formula is C10H23Al. The molecule has 0 spiro atoms. The molecule has 11 heavy (non-hydrogen) atoms. The van der Waals surface area contributed by atoms with Gasteiger partial charge in [-0.2, -0.15) is 0 Å². The van der Waals surface area contributed by atoms with Gasteiger partial charge in [0.15, 0.2) is 0 Å². The summed E-state index contributed by atoms with van der Waals surface area (Å²) in [7, 11) is 0. The Morgan fingerprint density at radius 3 is 2.00 bits per heavy atom. The zero-order chi connectivity index (χ0) is 8.36. The van der Waals surface area contributed by atoms with Crippen molar-refractivity contribution in [3.63, 3.8) is 0 Å². The van der Waals surface area contributed by atoms with Crippen molar-refractivity contribution < 1.29 is 0 Å². The van der Waals surface area contributed by atoms with E-state index in [0.717, 1.165) is 0 Å². The van der Waals surface area contributed by atoms with E-state index < -0.39 is 0 Å². The predicted molar refractivity (Wildman–Crippen MR) is 55.8 cm³/mol. The molecule has 0 radical (unpaired) electrons. The van der Waals surface area contributed by atoms with Crippen LogP contribution in [0.5, 0.6) is 0 Å². The summed E-state index contributed by atoms with van der Waals surface area (Å²) < 4.78 is 0. The zero-order valence-corrected chi connectivity index (χ0v) is 9.78. The minimum Gasteiger partial charge on any atom is -0.0973 e. The van der Waals surface area contributed by atoms with Crippen LogP contribution in [0.1, 0.15) is 52.4 Å². The third-order valence-electron chi connectivity index (χ3n) is 2.21. The van der Waals surface area contributed by atoms with E-state index in [0.29, 0.717) is 15.2 Å². The fourth-order valence-corrected chi connectivity index (χ4v) is 3.30. The standard InChI is InChI=1S/C6H13.C4H9.Al.H/c1-3-5-6-4-2;1-3-4-2;;/h1,3-6H2,2H3;1,3-4H2,2H3;;. The second-order valence-electron chi connectivity index (χ2n) is 3.47. The average Bonchev–Trinajstić information content (AvgIpc) is 2.03. The molecule has 0 aromatic rings. The molecule has 1 heteroatoms. The van der Waals surface area contributed by atoms with Crippen LogP contribution in [-0.4, -0.2) is 15.2 Å². The van der Waals surface area contributed by atoms with Gasteiger partial charge in [0.1, 0.15) is 0 Å². The third kappa shape index (κ3) is 10.5. The lowest BCUT2D eigenvalue weighted by atomic mass is 10.2. The molecule has 0 aliphatic heterocycles. The fraction of sp³-hybridized carbons (Fsp3) is 1.00. The Bertz CT molecular complexity index is 53.9. The Hall–Kier alpha value is 0.532. The van der Waals surface area contributed by atoms with Crippen molar-refractivity contribution in [2.45, 2.75) is 62.9 Å². The smallest absolute Gasteiger partial charge is 0.0973 e. The van der Waals surface area contributed by atoms with E-state index >= 15 is 0 Å². The van der Waals surface area contributed by atoms with Crippen LogP contribution in [0.3, 0.4) is 0 Å². The van der Waals surface area contributed by atoms with Crippen LogP contribution in [0.2, 0.25) is 10.6 Å². The minimum atomic E-state index is 0.372. The maximum Gasteiger partial charge on any atom is 0.236 e. The quantitative estimate of drug-likeness (QED) is 0.385. The summed E-state index contributed by atoms with van der Waals surface area (Å²) in [4.78, 5) is 0. The lowest BCUT2D eigenvalue weighted by Gasteiger charge is -1.96. The second-order valence-corrected chi connectivity index (χ2v) is 5.60. The third-order valence-corrected chi connectivity index (χ3v) is 4.21. The topological polar surface area (TPSA) is 0 Å². The molecule has 0 fully saturated rings.